The minimum absolute atomic E-state index is 0.140. The van der Waals surface area contributed by atoms with Gasteiger partial charge < -0.3 is 4.90 Å². The zero-order valence-corrected chi connectivity index (χ0v) is 17.3. The van der Waals surface area contributed by atoms with E-state index in [1.165, 1.54) is 11.8 Å². The summed E-state index contributed by atoms with van der Waals surface area (Å²) in [5.41, 5.74) is 1.78. The molecule has 1 saturated heterocycles. The normalized spacial score (nSPS) is 13.9. The van der Waals surface area contributed by atoms with Crippen LogP contribution in [0.1, 0.15) is 12.8 Å². The van der Waals surface area contributed by atoms with Crippen LogP contribution in [0.4, 0.5) is 0 Å². The Morgan fingerprint density at radius 1 is 0.929 bits per heavy atom. The zero-order valence-electron chi connectivity index (χ0n) is 15.0. The number of hydrogen-bond acceptors (Lipinski definition) is 4. The summed E-state index contributed by atoms with van der Waals surface area (Å²) in [6.45, 7) is 1.69. The molecule has 3 aromatic rings. The molecule has 0 atom stereocenters. The van der Waals surface area contributed by atoms with Gasteiger partial charge in [-0.1, -0.05) is 35.0 Å². The fourth-order valence-corrected chi connectivity index (χ4v) is 4.26. The molecule has 1 aromatic heterocycles. The monoisotopic (exact) mass is 432 g/mol. The number of amides is 1. The Balaban J connectivity index is 1.66. The lowest BCUT2D eigenvalue weighted by molar-refractivity contribution is -0.127. The van der Waals surface area contributed by atoms with Crippen LogP contribution < -0.4 is 0 Å². The second kappa shape index (κ2) is 8.55. The van der Waals surface area contributed by atoms with E-state index in [-0.39, 0.29) is 5.91 Å². The summed E-state index contributed by atoms with van der Waals surface area (Å²) in [5.74, 6) is 1.17. The van der Waals surface area contributed by atoms with E-state index in [9.17, 15) is 4.79 Å². The highest BCUT2D eigenvalue weighted by molar-refractivity contribution is 7.99. The zero-order chi connectivity index (χ0) is 19.5. The van der Waals surface area contributed by atoms with Gasteiger partial charge in [-0.05, 0) is 61.4 Å². The standard InChI is InChI=1S/C20H18Cl2N4OS/c21-15-5-3-14(4-6-15)19-23-24-20(26(19)17-9-7-16(22)8-10-17)28-13-18(27)25-11-1-2-12-25/h3-10H,1-2,11-13H2. The first-order chi connectivity index (χ1) is 13.6. The van der Waals surface area contributed by atoms with Gasteiger partial charge in [0.05, 0.1) is 5.75 Å². The van der Waals surface area contributed by atoms with Crippen LogP contribution in [0.2, 0.25) is 10.0 Å². The minimum atomic E-state index is 0.140. The first-order valence-corrected chi connectivity index (χ1v) is 10.7. The van der Waals surface area contributed by atoms with Crippen LogP contribution in [-0.2, 0) is 4.79 Å². The van der Waals surface area contributed by atoms with Gasteiger partial charge in [-0.25, -0.2) is 0 Å². The van der Waals surface area contributed by atoms with E-state index in [4.69, 9.17) is 23.2 Å². The molecular weight excluding hydrogens is 415 g/mol. The molecule has 0 radical (unpaired) electrons. The van der Waals surface area contributed by atoms with Crippen LogP contribution in [0.3, 0.4) is 0 Å². The molecule has 0 saturated carbocycles. The summed E-state index contributed by atoms with van der Waals surface area (Å²) in [4.78, 5) is 14.4. The number of aromatic nitrogens is 3. The number of benzene rings is 2. The number of likely N-dealkylation sites (tertiary alicyclic amines) is 1. The number of thioether (sulfide) groups is 1. The molecule has 2 aromatic carbocycles. The molecule has 0 unspecified atom stereocenters. The van der Waals surface area contributed by atoms with Gasteiger partial charge in [-0.2, -0.15) is 0 Å². The molecule has 2 heterocycles. The SMILES string of the molecule is O=C(CSc1nnc(-c2ccc(Cl)cc2)n1-c1ccc(Cl)cc1)N1CCCC1. The smallest absolute Gasteiger partial charge is 0.233 e. The topological polar surface area (TPSA) is 51.0 Å². The molecule has 28 heavy (non-hydrogen) atoms. The van der Waals surface area contributed by atoms with Gasteiger partial charge in [-0.3, -0.25) is 9.36 Å². The van der Waals surface area contributed by atoms with Crippen molar-refractivity contribution in [3.63, 3.8) is 0 Å². The molecule has 1 amide bonds. The lowest BCUT2D eigenvalue weighted by Gasteiger charge is -2.15. The van der Waals surface area contributed by atoms with Crippen LogP contribution in [0, 0.1) is 0 Å². The number of carbonyl (C=O) groups is 1. The predicted octanol–water partition coefficient (Wildman–Crippen LogP) is 4.96. The summed E-state index contributed by atoms with van der Waals surface area (Å²) in [6.07, 6.45) is 2.16. The lowest BCUT2D eigenvalue weighted by atomic mass is 10.2. The summed E-state index contributed by atoms with van der Waals surface area (Å²) in [6, 6.07) is 14.9. The lowest BCUT2D eigenvalue weighted by Crippen LogP contribution is -2.29. The van der Waals surface area contributed by atoms with E-state index in [1.54, 1.807) is 0 Å². The Bertz CT molecular complexity index is 967. The summed E-state index contributed by atoms with van der Waals surface area (Å²) in [7, 11) is 0. The highest BCUT2D eigenvalue weighted by Crippen LogP contribution is 2.29. The fourth-order valence-electron chi connectivity index (χ4n) is 3.16. The Labute approximate surface area is 177 Å². The Kier molecular flexibility index (Phi) is 5.90. The van der Waals surface area contributed by atoms with Crippen LogP contribution in [0.5, 0.6) is 0 Å². The molecule has 0 bridgehead atoms. The number of carbonyl (C=O) groups excluding carboxylic acids is 1. The summed E-state index contributed by atoms with van der Waals surface area (Å²) >= 11 is 13.5. The van der Waals surface area contributed by atoms with Crippen molar-refractivity contribution >= 4 is 40.9 Å². The van der Waals surface area contributed by atoms with Gasteiger partial charge in [0, 0.05) is 34.4 Å². The van der Waals surface area contributed by atoms with Crippen molar-refractivity contribution in [2.75, 3.05) is 18.8 Å². The van der Waals surface area contributed by atoms with Crippen LogP contribution in [0.25, 0.3) is 17.1 Å². The van der Waals surface area contributed by atoms with Crippen LogP contribution >= 0.6 is 35.0 Å². The van der Waals surface area contributed by atoms with Crippen molar-refractivity contribution in [1.82, 2.24) is 19.7 Å². The Hall–Kier alpha value is -2.02. The third-order valence-corrected chi connectivity index (χ3v) is 6.02. The molecule has 0 aliphatic carbocycles. The van der Waals surface area contributed by atoms with Gasteiger partial charge >= 0.3 is 0 Å². The maximum absolute atomic E-state index is 12.4. The fraction of sp³-hybridized carbons (Fsp3) is 0.250. The molecule has 1 aliphatic rings. The number of hydrogen-bond donors (Lipinski definition) is 0. The predicted molar refractivity (Wildman–Crippen MR) is 113 cm³/mol. The van der Waals surface area contributed by atoms with Gasteiger partial charge in [0.2, 0.25) is 5.91 Å². The average Bonchev–Trinajstić information content (AvgIpc) is 3.38. The third kappa shape index (κ3) is 4.19. The van der Waals surface area contributed by atoms with E-state index in [1.807, 2.05) is 58.0 Å². The highest BCUT2D eigenvalue weighted by atomic mass is 35.5. The molecule has 4 rings (SSSR count). The molecule has 1 aliphatic heterocycles. The Morgan fingerprint density at radius 3 is 2.18 bits per heavy atom. The van der Waals surface area contributed by atoms with E-state index >= 15 is 0 Å². The van der Waals surface area contributed by atoms with Gasteiger partial charge in [0.15, 0.2) is 11.0 Å². The highest BCUT2D eigenvalue weighted by Gasteiger charge is 2.21. The Morgan fingerprint density at radius 2 is 1.54 bits per heavy atom. The van der Waals surface area contributed by atoms with Crippen molar-refractivity contribution < 1.29 is 4.79 Å². The first-order valence-electron chi connectivity index (χ1n) is 9.00. The van der Waals surface area contributed by atoms with E-state index in [0.29, 0.717) is 26.8 Å². The van der Waals surface area contributed by atoms with Gasteiger partial charge in [0.1, 0.15) is 0 Å². The van der Waals surface area contributed by atoms with E-state index in [2.05, 4.69) is 10.2 Å². The second-order valence-corrected chi connectivity index (χ2v) is 8.32. The van der Waals surface area contributed by atoms with Gasteiger partial charge in [-0.15, -0.1) is 10.2 Å². The van der Waals surface area contributed by atoms with E-state index < -0.39 is 0 Å². The molecule has 1 fully saturated rings. The molecular formula is C20H18Cl2N4OS. The van der Waals surface area contributed by atoms with Crippen LogP contribution in [0.15, 0.2) is 53.7 Å². The van der Waals surface area contributed by atoms with Crippen LogP contribution in [-0.4, -0.2) is 44.4 Å². The van der Waals surface area contributed by atoms with Gasteiger partial charge in [0.25, 0.3) is 0 Å². The number of rotatable bonds is 5. The molecule has 0 N–H and O–H groups in total. The maximum Gasteiger partial charge on any atom is 0.233 e. The molecule has 144 valence electrons. The quantitative estimate of drug-likeness (QED) is 0.534. The van der Waals surface area contributed by atoms with Crippen molar-refractivity contribution in [2.24, 2.45) is 0 Å². The molecule has 5 nitrogen and oxygen atoms in total. The van der Waals surface area contributed by atoms with Crippen molar-refractivity contribution in [1.29, 1.82) is 0 Å². The summed E-state index contributed by atoms with van der Waals surface area (Å²) < 4.78 is 1.95. The van der Waals surface area contributed by atoms with Crippen molar-refractivity contribution in [3.8, 4) is 17.1 Å². The average molecular weight is 433 g/mol. The minimum Gasteiger partial charge on any atom is -0.342 e. The number of nitrogens with zero attached hydrogens (tertiary/aromatic N) is 4. The number of halogens is 2. The van der Waals surface area contributed by atoms with Crippen molar-refractivity contribution in [3.05, 3.63) is 58.6 Å². The molecule has 8 heteroatoms. The van der Waals surface area contributed by atoms with E-state index in [0.717, 1.165) is 37.2 Å². The first kappa shape index (κ1) is 19.3. The second-order valence-electron chi connectivity index (χ2n) is 6.50. The summed E-state index contributed by atoms with van der Waals surface area (Å²) in [5, 5.41) is 10.7. The maximum atomic E-state index is 12.4. The van der Waals surface area contributed by atoms with Crippen molar-refractivity contribution in [2.45, 2.75) is 18.0 Å². The molecule has 0 spiro atoms. The largest absolute Gasteiger partial charge is 0.342 e. The third-order valence-electron chi connectivity index (χ3n) is 4.60.